The van der Waals surface area contributed by atoms with E-state index >= 15 is 0 Å². The summed E-state index contributed by atoms with van der Waals surface area (Å²) in [6.07, 6.45) is 2.62. The summed E-state index contributed by atoms with van der Waals surface area (Å²) in [7, 11) is 1.63. The van der Waals surface area contributed by atoms with Crippen molar-refractivity contribution in [2.45, 2.75) is 39.3 Å². The Morgan fingerprint density at radius 1 is 1.28 bits per heavy atom. The number of aryl methyl sites for hydroxylation is 1. The van der Waals surface area contributed by atoms with E-state index in [0.717, 1.165) is 11.4 Å². The van der Waals surface area contributed by atoms with Crippen LogP contribution in [0.25, 0.3) is 0 Å². The highest BCUT2D eigenvalue weighted by molar-refractivity contribution is 6.00. The van der Waals surface area contributed by atoms with Crippen LogP contribution >= 0.6 is 0 Å². The summed E-state index contributed by atoms with van der Waals surface area (Å²) in [6, 6.07) is 4.28. The fraction of sp³-hybridized carbons (Fsp3) is 0.476. The van der Waals surface area contributed by atoms with Crippen molar-refractivity contribution >= 4 is 17.7 Å². The molecule has 0 aromatic carbocycles. The maximum Gasteiger partial charge on any atom is 0.329 e. The van der Waals surface area contributed by atoms with Crippen LogP contribution in [0.2, 0.25) is 0 Å². The number of aromatic nitrogens is 1. The number of Topliss-reactive ketones (excluding diaryl/α,β-unsaturated/α-hetero) is 1. The molecular formula is C21H26N2O6. The van der Waals surface area contributed by atoms with Crippen LogP contribution in [-0.2, 0) is 20.8 Å². The molecule has 29 heavy (non-hydrogen) atoms. The van der Waals surface area contributed by atoms with Crippen LogP contribution in [0.4, 0.5) is 0 Å². The lowest BCUT2D eigenvalue weighted by Gasteiger charge is -2.22. The maximum absolute atomic E-state index is 12.6. The van der Waals surface area contributed by atoms with Crippen LogP contribution in [-0.4, -0.2) is 60.0 Å². The molecule has 1 aliphatic heterocycles. The quantitative estimate of drug-likeness (QED) is 0.497. The molecule has 0 bridgehead atoms. The second kappa shape index (κ2) is 9.09. The van der Waals surface area contributed by atoms with Crippen LogP contribution in [0.5, 0.6) is 0 Å². The predicted octanol–water partition coefficient (Wildman–Crippen LogP) is 2.38. The third kappa shape index (κ3) is 4.42. The molecule has 3 rings (SSSR count). The first-order valence-corrected chi connectivity index (χ1v) is 9.64. The lowest BCUT2D eigenvalue weighted by atomic mass is 10.1. The molecule has 3 heterocycles. The Bertz CT molecular complexity index is 883. The zero-order valence-electron chi connectivity index (χ0n) is 17.0. The van der Waals surface area contributed by atoms with E-state index in [4.69, 9.17) is 13.9 Å². The average Bonchev–Trinajstić information content (AvgIpc) is 3.45. The number of amides is 1. The predicted molar refractivity (Wildman–Crippen MR) is 104 cm³/mol. The largest absolute Gasteiger partial charge is 0.459 e. The summed E-state index contributed by atoms with van der Waals surface area (Å²) in [5.41, 5.74) is 2.29. The highest BCUT2D eigenvalue weighted by Crippen LogP contribution is 2.22. The van der Waals surface area contributed by atoms with E-state index in [2.05, 4.69) is 0 Å². The van der Waals surface area contributed by atoms with E-state index in [0.29, 0.717) is 38.1 Å². The fourth-order valence-corrected chi connectivity index (χ4v) is 3.72. The maximum atomic E-state index is 12.6. The molecule has 8 nitrogen and oxygen atoms in total. The number of hydrogen-bond donors (Lipinski definition) is 0. The van der Waals surface area contributed by atoms with Crippen molar-refractivity contribution in [3.63, 3.8) is 0 Å². The first-order chi connectivity index (χ1) is 13.9. The molecule has 0 unspecified atom stereocenters. The normalized spacial score (nSPS) is 16.2. The standard InChI is InChI=1S/C21H26N2O6/c1-14-12-16(15(2)22(14)9-11-27-3)18(24)13-29-21(26)17-6-4-8-23(17)20(25)19-7-5-10-28-19/h5,7,10,12,17H,4,6,8-9,11,13H2,1-3H3/t17-/m0/s1. The molecule has 1 fully saturated rings. The molecule has 1 amide bonds. The second-order valence-corrected chi connectivity index (χ2v) is 7.09. The van der Waals surface area contributed by atoms with Crippen LogP contribution < -0.4 is 0 Å². The Kier molecular flexibility index (Phi) is 6.53. The van der Waals surface area contributed by atoms with Gasteiger partial charge in [-0.3, -0.25) is 9.59 Å². The number of ketones is 1. The lowest BCUT2D eigenvalue weighted by molar-refractivity contribution is -0.147. The molecule has 156 valence electrons. The highest BCUT2D eigenvalue weighted by Gasteiger charge is 2.37. The van der Waals surface area contributed by atoms with Crippen molar-refractivity contribution in [2.24, 2.45) is 0 Å². The van der Waals surface area contributed by atoms with Gasteiger partial charge >= 0.3 is 5.97 Å². The number of rotatable bonds is 8. The van der Waals surface area contributed by atoms with Gasteiger partial charge in [0.05, 0.1) is 12.9 Å². The lowest BCUT2D eigenvalue weighted by Crippen LogP contribution is -2.41. The van der Waals surface area contributed by atoms with Gasteiger partial charge in [0.1, 0.15) is 6.04 Å². The first-order valence-electron chi connectivity index (χ1n) is 9.64. The van der Waals surface area contributed by atoms with Crippen molar-refractivity contribution < 1.29 is 28.3 Å². The molecule has 1 saturated heterocycles. The van der Waals surface area contributed by atoms with E-state index in [1.54, 1.807) is 25.3 Å². The number of likely N-dealkylation sites (tertiary alicyclic amines) is 1. The van der Waals surface area contributed by atoms with Gasteiger partial charge in [-0.15, -0.1) is 0 Å². The third-order valence-electron chi connectivity index (χ3n) is 5.26. The number of hydrogen-bond acceptors (Lipinski definition) is 6. The zero-order valence-corrected chi connectivity index (χ0v) is 17.0. The van der Waals surface area contributed by atoms with Crippen molar-refractivity contribution in [1.29, 1.82) is 0 Å². The SMILES string of the molecule is COCCn1c(C)cc(C(=O)COC(=O)[C@@H]2CCCN2C(=O)c2ccco2)c1C. The summed E-state index contributed by atoms with van der Waals surface area (Å²) in [5.74, 6) is -0.993. The van der Waals surface area contributed by atoms with Crippen LogP contribution in [0, 0.1) is 13.8 Å². The van der Waals surface area contributed by atoms with Gasteiger partial charge in [-0.05, 0) is 44.9 Å². The Morgan fingerprint density at radius 2 is 2.07 bits per heavy atom. The third-order valence-corrected chi connectivity index (χ3v) is 5.26. The fourth-order valence-electron chi connectivity index (χ4n) is 3.72. The molecule has 0 aliphatic carbocycles. The number of methoxy groups -OCH3 is 1. The van der Waals surface area contributed by atoms with Crippen molar-refractivity contribution in [1.82, 2.24) is 9.47 Å². The number of carbonyl (C=O) groups is 3. The Morgan fingerprint density at radius 3 is 2.76 bits per heavy atom. The molecule has 2 aromatic rings. The van der Waals surface area contributed by atoms with Crippen molar-refractivity contribution in [3.8, 4) is 0 Å². The van der Waals surface area contributed by atoms with Crippen molar-refractivity contribution in [3.05, 3.63) is 47.2 Å². The topological polar surface area (TPSA) is 91.0 Å². The summed E-state index contributed by atoms with van der Waals surface area (Å²) < 4.78 is 17.5. The molecule has 2 aromatic heterocycles. The average molecular weight is 402 g/mol. The molecule has 0 radical (unpaired) electrons. The highest BCUT2D eigenvalue weighted by atomic mass is 16.5. The molecule has 0 saturated carbocycles. The van der Waals surface area contributed by atoms with Gasteiger partial charge in [-0.25, -0.2) is 4.79 Å². The Labute approximate surface area is 169 Å². The van der Waals surface area contributed by atoms with Gasteiger partial charge in [0.15, 0.2) is 12.4 Å². The second-order valence-electron chi connectivity index (χ2n) is 7.09. The Hall–Kier alpha value is -2.87. The molecule has 8 heteroatoms. The van der Waals surface area contributed by atoms with E-state index in [1.165, 1.54) is 11.2 Å². The summed E-state index contributed by atoms with van der Waals surface area (Å²) in [6.45, 7) is 5.06. The molecule has 1 aliphatic rings. The van der Waals surface area contributed by atoms with Crippen LogP contribution in [0.1, 0.15) is 45.1 Å². The van der Waals surface area contributed by atoms with Gasteiger partial charge < -0.3 is 23.4 Å². The van der Waals surface area contributed by atoms with Crippen LogP contribution in [0.3, 0.4) is 0 Å². The summed E-state index contributed by atoms with van der Waals surface area (Å²) >= 11 is 0. The first kappa shape index (κ1) is 20.9. The van der Waals surface area contributed by atoms with E-state index in [1.807, 2.05) is 18.4 Å². The van der Waals surface area contributed by atoms with E-state index in [9.17, 15) is 14.4 Å². The van der Waals surface area contributed by atoms with Crippen molar-refractivity contribution in [2.75, 3.05) is 26.9 Å². The minimum absolute atomic E-state index is 0.185. The van der Waals surface area contributed by atoms with E-state index < -0.39 is 12.0 Å². The van der Waals surface area contributed by atoms with Gasteiger partial charge in [0.25, 0.3) is 5.91 Å². The van der Waals surface area contributed by atoms with Gasteiger partial charge in [0.2, 0.25) is 5.78 Å². The number of furan rings is 1. The smallest absolute Gasteiger partial charge is 0.329 e. The van der Waals surface area contributed by atoms with E-state index in [-0.39, 0.29) is 24.1 Å². The number of carbonyl (C=O) groups excluding carboxylic acids is 3. The van der Waals surface area contributed by atoms with Gasteiger partial charge in [0, 0.05) is 37.2 Å². The minimum atomic E-state index is -0.700. The zero-order chi connectivity index (χ0) is 21.0. The number of esters is 1. The summed E-state index contributed by atoms with van der Waals surface area (Å²) in [5, 5.41) is 0. The molecule has 0 N–H and O–H groups in total. The monoisotopic (exact) mass is 402 g/mol. The Balaban J connectivity index is 1.61. The molecular weight excluding hydrogens is 376 g/mol. The summed E-state index contributed by atoms with van der Waals surface area (Å²) in [4.78, 5) is 39.1. The van der Waals surface area contributed by atoms with Gasteiger partial charge in [-0.2, -0.15) is 0 Å². The number of nitrogens with zero attached hydrogens (tertiary/aromatic N) is 2. The van der Waals surface area contributed by atoms with Crippen LogP contribution in [0.15, 0.2) is 28.9 Å². The van der Waals surface area contributed by atoms with Gasteiger partial charge in [-0.1, -0.05) is 0 Å². The molecule has 0 spiro atoms. The minimum Gasteiger partial charge on any atom is -0.459 e. The molecule has 1 atom stereocenters. The number of ether oxygens (including phenoxy) is 2.